The van der Waals surface area contributed by atoms with E-state index in [1.165, 1.54) is 10.8 Å². The molecule has 28 heavy (non-hydrogen) atoms. The van der Waals surface area contributed by atoms with Crippen molar-refractivity contribution in [1.82, 2.24) is 4.57 Å². The first-order valence-electron chi connectivity index (χ1n) is 9.72. The Morgan fingerprint density at radius 1 is 1.32 bits per heavy atom. The topological polar surface area (TPSA) is 87.6 Å². The van der Waals surface area contributed by atoms with E-state index in [0.29, 0.717) is 29.2 Å². The summed E-state index contributed by atoms with van der Waals surface area (Å²) in [6.07, 6.45) is 6.32. The number of aromatic nitrogens is 1. The predicted molar refractivity (Wildman–Crippen MR) is 109 cm³/mol. The second kappa shape index (κ2) is 8.75. The zero-order valence-electron chi connectivity index (χ0n) is 16.3. The van der Waals surface area contributed by atoms with E-state index < -0.39 is 5.56 Å². The van der Waals surface area contributed by atoms with Gasteiger partial charge < -0.3 is 9.84 Å². The number of aliphatic imine (C=N–C) groups is 1. The minimum atomic E-state index is -0.420. The lowest BCUT2D eigenvalue weighted by molar-refractivity contribution is 0.303. The molecule has 0 saturated heterocycles. The number of pyridine rings is 1. The highest BCUT2D eigenvalue weighted by Crippen LogP contribution is 2.33. The summed E-state index contributed by atoms with van der Waals surface area (Å²) in [5.41, 5.74) is 1.10. The molecular formula is C22H25N3O3. The van der Waals surface area contributed by atoms with Crippen molar-refractivity contribution in [3.63, 3.8) is 0 Å². The van der Waals surface area contributed by atoms with Crippen LogP contribution >= 0.6 is 0 Å². The molecular weight excluding hydrogens is 354 g/mol. The molecule has 1 saturated carbocycles. The number of nitrogens with zero attached hydrogens (tertiary/aromatic N) is 3. The summed E-state index contributed by atoms with van der Waals surface area (Å²) in [5, 5.41) is 20.4. The third-order valence-electron chi connectivity index (χ3n) is 5.23. The van der Waals surface area contributed by atoms with E-state index >= 15 is 0 Å². The van der Waals surface area contributed by atoms with Crippen LogP contribution in [-0.4, -0.2) is 22.5 Å². The van der Waals surface area contributed by atoms with E-state index in [1.54, 1.807) is 6.92 Å². The second-order valence-electron chi connectivity index (χ2n) is 6.98. The Labute approximate surface area is 164 Å². The molecule has 1 aromatic carbocycles. The molecule has 3 rings (SSSR count). The minimum absolute atomic E-state index is 0.0583. The van der Waals surface area contributed by atoms with Crippen LogP contribution < -0.4 is 10.3 Å². The molecule has 0 radical (unpaired) electrons. The highest BCUT2D eigenvalue weighted by Gasteiger charge is 2.24. The Hall–Kier alpha value is -3.07. The van der Waals surface area contributed by atoms with Crippen LogP contribution in [-0.2, 0) is 0 Å². The van der Waals surface area contributed by atoms with E-state index in [1.807, 2.05) is 37.3 Å². The second-order valence-corrected chi connectivity index (χ2v) is 6.98. The van der Waals surface area contributed by atoms with Gasteiger partial charge in [0.05, 0.1) is 12.2 Å². The maximum atomic E-state index is 12.8. The molecule has 0 amide bonds. The van der Waals surface area contributed by atoms with Gasteiger partial charge in [-0.1, -0.05) is 31.4 Å². The van der Waals surface area contributed by atoms with Crippen molar-refractivity contribution >= 4 is 11.9 Å². The molecule has 1 fully saturated rings. The number of nitriles is 1. The molecule has 1 aliphatic rings. The van der Waals surface area contributed by atoms with Gasteiger partial charge in [-0.2, -0.15) is 5.26 Å². The van der Waals surface area contributed by atoms with Gasteiger partial charge in [-0.15, -0.1) is 0 Å². The van der Waals surface area contributed by atoms with Crippen LogP contribution in [0.4, 0.5) is 5.69 Å². The van der Waals surface area contributed by atoms with Gasteiger partial charge in [0.15, 0.2) is 0 Å². The maximum absolute atomic E-state index is 12.8. The van der Waals surface area contributed by atoms with Crippen LogP contribution in [0.3, 0.4) is 0 Å². The van der Waals surface area contributed by atoms with Crippen molar-refractivity contribution in [3.8, 4) is 17.7 Å². The summed E-state index contributed by atoms with van der Waals surface area (Å²) >= 11 is 0. The Morgan fingerprint density at radius 2 is 2.04 bits per heavy atom. The first-order valence-corrected chi connectivity index (χ1v) is 9.72. The maximum Gasteiger partial charge on any atom is 0.271 e. The largest absolute Gasteiger partial charge is 0.494 e. The fourth-order valence-corrected chi connectivity index (χ4v) is 3.75. The normalized spacial score (nSPS) is 14.9. The summed E-state index contributed by atoms with van der Waals surface area (Å²) in [6, 6.07) is 9.28. The van der Waals surface area contributed by atoms with E-state index in [4.69, 9.17) is 4.74 Å². The van der Waals surface area contributed by atoms with Crippen molar-refractivity contribution in [2.24, 2.45) is 4.99 Å². The monoisotopic (exact) mass is 379 g/mol. The molecule has 0 spiro atoms. The fourth-order valence-electron chi connectivity index (χ4n) is 3.75. The smallest absolute Gasteiger partial charge is 0.271 e. The predicted octanol–water partition coefficient (Wildman–Crippen LogP) is 4.39. The van der Waals surface area contributed by atoms with Crippen LogP contribution in [0.1, 0.15) is 61.8 Å². The van der Waals surface area contributed by atoms with Crippen LogP contribution in [0.25, 0.3) is 0 Å². The molecule has 0 aliphatic heterocycles. The van der Waals surface area contributed by atoms with E-state index in [2.05, 4.69) is 4.99 Å². The summed E-state index contributed by atoms with van der Waals surface area (Å²) in [6.45, 7) is 4.08. The summed E-state index contributed by atoms with van der Waals surface area (Å²) < 4.78 is 6.97. The summed E-state index contributed by atoms with van der Waals surface area (Å²) in [4.78, 5) is 17.3. The number of rotatable bonds is 5. The third-order valence-corrected chi connectivity index (χ3v) is 5.23. The number of para-hydroxylation sites is 2. The molecule has 0 atom stereocenters. The summed E-state index contributed by atoms with van der Waals surface area (Å²) in [7, 11) is 0. The van der Waals surface area contributed by atoms with Gasteiger partial charge in [-0.3, -0.25) is 14.4 Å². The Morgan fingerprint density at radius 3 is 2.71 bits per heavy atom. The summed E-state index contributed by atoms with van der Waals surface area (Å²) in [5.74, 6) is 0.519. The molecule has 1 N–H and O–H groups in total. The molecule has 6 heteroatoms. The van der Waals surface area contributed by atoms with Gasteiger partial charge in [0, 0.05) is 12.3 Å². The van der Waals surface area contributed by atoms with Gasteiger partial charge in [0.25, 0.3) is 5.56 Å². The third kappa shape index (κ3) is 3.79. The molecule has 1 aromatic heterocycles. The number of aromatic hydroxyl groups is 1. The minimum Gasteiger partial charge on any atom is -0.494 e. The quantitative estimate of drug-likeness (QED) is 0.781. The van der Waals surface area contributed by atoms with E-state index in [9.17, 15) is 15.2 Å². The van der Waals surface area contributed by atoms with Gasteiger partial charge in [0.2, 0.25) is 5.88 Å². The molecule has 0 bridgehead atoms. The zero-order valence-corrected chi connectivity index (χ0v) is 16.3. The van der Waals surface area contributed by atoms with Crippen molar-refractivity contribution in [3.05, 3.63) is 51.3 Å². The lowest BCUT2D eigenvalue weighted by atomic mass is 9.94. The van der Waals surface area contributed by atoms with Gasteiger partial charge in [0.1, 0.15) is 23.1 Å². The van der Waals surface area contributed by atoms with Crippen LogP contribution in [0, 0.1) is 18.3 Å². The van der Waals surface area contributed by atoms with Crippen molar-refractivity contribution in [1.29, 1.82) is 5.26 Å². The number of benzene rings is 1. The molecule has 1 heterocycles. The van der Waals surface area contributed by atoms with Crippen molar-refractivity contribution < 1.29 is 9.84 Å². The first kappa shape index (κ1) is 19.7. The van der Waals surface area contributed by atoms with Crippen LogP contribution in [0.15, 0.2) is 34.1 Å². The van der Waals surface area contributed by atoms with Crippen molar-refractivity contribution in [2.45, 2.75) is 52.0 Å². The molecule has 2 aromatic rings. The first-order chi connectivity index (χ1) is 13.6. The van der Waals surface area contributed by atoms with E-state index in [-0.39, 0.29) is 17.5 Å². The number of hydrogen-bond acceptors (Lipinski definition) is 5. The van der Waals surface area contributed by atoms with Crippen LogP contribution in [0.5, 0.6) is 11.6 Å². The zero-order chi connectivity index (χ0) is 20.1. The van der Waals surface area contributed by atoms with Crippen LogP contribution in [0.2, 0.25) is 0 Å². The molecule has 0 unspecified atom stereocenters. The van der Waals surface area contributed by atoms with Gasteiger partial charge in [-0.25, -0.2) is 0 Å². The highest BCUT2D eigenvalue weighted by molar-refractivity contribution is 5.88. The lowest BCUT2D eigenvalue weighted by Crippen LogP contribution is -2.30. The molecule has 1 aliphatic carbocycles. The average Bonchev–Trinajstić information content (AvgIpc) is 2.70. The highest BCUT2D eigenvalue weighted by atomic mass is 16.5. The van der Waals surface area contributed by atoms with E-state index in [0.717, 1.165) is 32.1 Å². The Kier molecular flexibility index (Phi) is 6.15. The van der Waals surface area contributed by atoms with Gasteiger partial charge in [-0.05, 0) is 44.4 Å². The molecule has 146 valence electrons. The average molecular weight is 379 g/mol. The molecule has 6 nitrogen and oxygen atoms in total. The Bertz CT molecular complexity index is 980. The lowest BCUT2D eigenvalue weighted by Gasteiger charge is -2.26. The van der Waals surface area contributed by atoms with Crippen molar-refractivity contribution in [2.75, 3.05) is 6.61 Å². The van der Waals surface area contributed by atoms with Gasteiger partial charge >= 0.3 is 0 Å². The number of ether oxygens (including phenoxy) is 1. The SMILES string of the molecule is CCOc1ccccc1N=Cc1c(C)c(C#N)c(=O)n(C2CCCCC2)c1O. The number of hydrogen-bond donors (Lipinski definition) is 1. The standard InChI is InChI=1S/C22H25N3O3/c1-3-28-20-12-8-7-11-19(20)24-14-18-15(2)17(13-23)21(26)25(22(18)27)16-9-5-4-6-10-16/h7-8,11-12,14,16,27H,3-6,9-10H2,1-2H3. The fraction of sp³-hybridized carbons (Fsp3) is 0.409. The Balaban J connectivity index is 2.11.